The van der Waals surface area contributed by atoms with Crippen LogP contribution >= 0.6 is 22.9 Å². The molecule has 4 aromatic rings. The van der Waals surface area contributed by atoms with Crippen molar-refractivity contribution in [2.24, 2.45) is 0 Å². The Labute approximate surface area is 191 Å². The Hall–Kier alpha value is -2.33. The molecular weight excluding hydrogens is 474 g/mol. The number of benzene rings is 2. The third-order valence-corrected chi connectivity index (χ3v) is 9.50. The molecule has 0 saturated heterocycles. The minimum absolute atomic E-state index is 0.0951. The highest BCUT2D eigenvalue weighted by Crippen LogP contribution is 2.35. The molecule has 0 fully saturated rings. The molecule has 0 aliphatic carbocycles. The molecular formula is C21H18ClN3O3S3. The van der Waals surface area contributed by atoms with Crippen LogP contribution in [0, 0.1) is 20.8 Å². The normalized spacial score (nSPS) is 12.8. The average molecular weight is 492 g/mol. The van der Waals surface area contributed by atoms with Gasteiger partial charge in [0.25, 0.3) is 0 Å². The Balaban J connectivity index is 1.92. The SMILES string of the molecule is Cc1ccc(S(=O)(=O)c2nc(-n3nc(C)cc3C)sc2S(=O)c2ccc(Cl)cc2)cc1. The summed E-state index contributed by atoms with van der Waals surface area (Å²) in [5, 5.41) is 5.02. The van der Waals surface area contributed by atoms with Gasteiger partial charge in [0.05, 0.1) is 21.4 Å². The van der Waals surface area contributed by atoms with Gasteiger partial charge >= 0.3 is 0 Å². The van der Waals surface area contributed by atoms with Gasteiger partial charge in [0.1, 0.15) is 4.21 Å². The smallest absolute Gasteiger partial charge is 0.226 e. The van der Waals surface area contributed by atoms with E-state index >= 15 is 0 Å². The summed E-state index contributed by atoms with van der Waals surface area (Å²) in [5.41, 5.74) is 2.51. The molecule has 1 atom stereocenters. The van der Waals surface area contributed by atoms with Crippen LogP contribution < -0.4 is 0 Å². The molecule has 1 unspecified atom stereocenters. The molecule has 6 nitrogen and oxygen atoms in total. The maximum atomic E-state index is 13.4. The standard InChI is InChI=1S/C21H18ClN3O3S3/c1-13-4-10-18(11-5-13)31(27,28)19-20(30(26)17-8-6-16(22)7-9-17)29-21(23-19)25-15(3)12-14(2)24-25/h4-12H,1-3H3. The number of rotatable bonds is 5. The highest BCUT2D eigenvalue weighted by atomic mass is 35.5. The number of hydrogen-bond donors (Lipinski definition) is 0. The van der Waals surface area contributed by atoms with Crippen molar-refractivity contribution < 1.29 is 12.6 Å². The first-order chi connectivity index (χ1) is 14.7. The van der Waals surface area contributed by atoms with E-state index in [-0.39, 0.29) is 14.1 Å². The molecule has 0 aliphatic heterocycles. The Morgan fingerprint density at radius 3 is 2.23 bits per heavy atom. The molecule has 0 N–H and O–H groups in total. The van der Waals surface area contributed by atoms with E-state index in [1.165, 1.54) is 12.1 Å². The lowest BCUT2D eigenvalue weighted by molar-refractivity contribution is 0.589. The second-order valence-corrected chi connectivity index (χ2v) is 11.9. The maximum Gasteiger partial charge on any atom is 0.226 e. The summed E-state index contributed by atoms with van der Waals surface area (Å²) in [7, 11) is -5.77. The van der Waals surface area contributed by atoms with Crippen molar-refractivity contribution in [1.29, 1.82) is 0 Å². The molecule has 0 bridgehead atoms. The predicted octanol–water partition coefficient (Wildman–Crippen LogP) is 4.91. The third kappa shape index (κ3) is 4.23. The summed E-state index contributed by atoms with van der Waals surface area (Å²) < 4.78 is 42.0. The van der Waals surface area contributed by atoms with Crippen LogP contribution in [0.3, 0.4) is 0 Å². The Bertz CT molecular complexity index is 1390. The van der Waals surface area contributed by atoms with Crippen LogP contribution in [-0.4, -0.2) is 27.4 Å². The van der Waals surface area contributed by atoms with Gasteiger partial charge in [0.2, 0.25) is 15.0 Å². The molecule has 0 amide bonds. The maximum absolute atomic E-state index is 13.4. The topological polar surface area (TPSA) is 81.9 Å². The van der Waals surface area contributed by atoms with Gasteiger partial charge in [-0.1, -0.05) is 40.6 Å². The molecule has 0 radical (unpaired) electrons. The van der Waals surface area contributed by atoms with E-state index in [0.29, 0.717) is 15.0 Å². The lowest BCUT2D eigenvalue weighted by Gasteiger charge is -2.05. The predicted molar refractivity (Wildman–Crippen MR) is 121 cm³/mol. The van der Waals surface area contributed by atoms with Crippen molar-refractivity contribution in [3.8, 4) is 5.13 Å². The fourth-order valence-corrected chi connectivity index (χ4v) is 7.64. The van der Waals surface area contributed by atoms with E-state index in [4.69, 9.17) is 11.6 Å². The minimum Gasteiger partial charge on any atom is -0.248 e. The number of halogens is 1. The van der Waals surface area contributed by atoms with E-state index in [1.807, 2.05) is 26.8 Å². The molecule has 31 heavy (non-hydrogen) atoms. The zero-order chi connectivity index (χ0) is 22.3. The van der Waals surface area contributed by atoms with Crippen LogP contribution in [0.15, 0.2) is 73.6 Å². The van der Waals surface area contributed by atoms with Crippen molar-refractivity contribution in [3.63, 3.8) is 0 Å². The first kappa shape index (κ1) is 21.9. The van der Waals surface area contributed by atoms with Crippen LogP contribution in [0.1, 0.15) is 17.0 Å². The van der Waals surface area contributed by atoms with Gasteiger partial charge in [-0.25, -0.2) is 22.3 Å². The monoisotopic (exact) mass is 491 g/mol. The zero-order valence-electron chi connectivity index (χ0n) is 16.9. The quantitative estimate of drug-likeness (QED) is 0.396. The van der Waals surface area contributed by atoms with Gasteiger partial charge in [-0.3, -0.25) is 0 Å². The lowest BCUT2D eigenvalue weighted by atomic mass is 10.2. The van der Waals surface area contributed by atoms with E-state index < -0.39 is 20.6 Å². The zero-order valence-corrected chi connectivity index (χ0v) is 20.1. The molecule has 10 heteroatoms. The average Bonchev–Trinajstić information content (AvgIpc) is 3.32. The summed E-state index contributed by atoms with van der Waals surface area (Å²) in [6.45, 7) is 5.57. The summed E-state index contributed by atoms with van der Waals surface area (Å²) in [5.74, 6) is 0. The van der Waals surface area contributed by atoms with E-state index in [9.17, 15) is 12.6 Å². The first-order valence-electron chi connectivity index (χ1n) is 9.20. The number of sulfone groups is 1. The molecule has 2 aromatic carbocycles. The van der Waals surface area contributed by atoms with Gasteiger partial charge in [0.15, 0.2) is 5.03 Å². The number of aromatic nitrogens is 3. The van der Waals surface area contributed by atoms with Gasteiger partial charge in [0, 0.05) is 15.6 Å². The van der Waals surface area contributed by atoms with Crippen molar-refractivity contribution in [3.05, 3.63) is 76.6 Å². The van der Waals surface area contributed by atoms with E-state index in [2.05, 4.69) is 10.1 Å². The lowest BCUT2D eigenvalue weighted by Crippen LogP contribution is -2.07. The van der Waals surface area contributed by atoms with Crippen LogP contribution in [0.2, 0.25) is 5.02 Å². The second-order valence-electron chi connectivity index (χ2n) is 6.97. The largest absolute Gasteiger partial charge is 0.248 e. The number of aryl methyl sites for hydroxylation is 3. The minimum atomic E-state index is -4.00. The van der Waals surface area contributed by atoms with Crippen molar-refractivity contribution in [1.82, 2.24) is 14.8 Å². The van der Waals surface area contributed by atoms with Gasteiger partial charge < -0.3 is 0 Å². The number of thiazole rings is 1. The van der Waals surface area contributed by atoms with Crippen LogP contribution in [-0.2, 0) is 20.6 Å². The van der Waals surface area contributed by atoms with Crippen LogP contribution in [0.4, 0.5) is 0 Å². The fourth-order valence-electron chi connectivity index (χ4n) is 2.98. The third-order valence-electron chi connectivity index (χ3n) is 4.53. The van der Waals surface area contributed by atoms with Gasteiger partial charge in [-0.2, -0.15) is 5.10 Å². The number of hydrogen-bond acceptors (Lipinski definition) is 6. The molecule has 160 valence electrons. The number of nitrogens with zero attached hydrogens (tertiary/aromatic N) is 3. The van der Waals surface area contributed by atoms with Crippen molar-refractivity contribution in [2.75, 3.05) is 0 Å². The Morgan fingerprint density at radius 1 is 1.00 bits per heavy atom. The highest BCUT2D eigenvalue weighted by molar-refractivity contribution is 7.93. The van der Waals surface area contributed by atoms with E-state index in [1.54, 1.807) is 41.1 Å². The molecule has 0 aliphatic rings. The summed E-state index contributed by atoms with van der Waals surface area (Å²) in [4.78, 5) is 4.93. The summed E-state index contributed by atoms with van der Waals surface area (Å²) in [6, 6.07) is 14.8. The molecule has 2 heterocycles. The van der Waals surface area contributed by atoms with E-state index in [0.717, 1.165) is 28.3 Å². The molecule has 0 saturated carbocycles. The van der Waals surface area contributed by atoms with Crippen molar-refractivity contribution >= 4 is 43.6 Å². The first-order valence-corrected chi connectivity index (χ1v) is 13.0. The van der Waals surface area contributed by atoms with Crippen LogP contribution in [0.5, 0.6) is 0 Å². The molecule has 2 aromatic heterocycles. The molecule has 0 spiro atoms. The van der Waals surface area contributed by atoms with Crippen LogP contribution in [0.25, 0.3) is 5.13 Å². The highest BCUT2D eigenvalue weighted by Gasteiger charge is 2.31. The Morgan fingerprint density at radius 2 is 1.65 bits per heavy atom. The van der Waals surface area contributed by atoms with Crippen molar-refractivity contribution in [2.45, 2.75) is 39.8 Å². The fraction of sp³-hybridized carbons (Fsp3) is 0.143. The molecule has 4 rings (SSSR count). The summed E-state index contributed by atoms with van der Waals surface area (Å²) in [6.07, 6.45) is 0. The van der Waals surface area contributed by atoms with Gasteiger partial charge in [-0.15, -0.1) is 0 Å². The Kier molecular flexibility index (Phi) is 5.87. The van der Waals surface area contributed by atoms with Gasteiger partial charge in [-0.05, 0) is 63.2 Å². The second kappa shape index (κ2) is 8.31. The summed E-state index contributed by atoms with van der Waals surface area (Å²) >= 11 is 7.00.